The number of allylic oxidation sites excluding steroid dienone is 1. The van der Waals surface area contributed by atoms with E-state index < -0.39 is 35.9 Å². The second-order valence-corrected chi connectivity index (χ2v) is 9.18. The summed E-state index contributed by atoms with van der Waals surface area (Å²) in [4.78, 5) is 0. The van der Waals surface area contributed by atoms with Gasteiger partial charge in [-0.3, -0.25) is 0 Å². The van der Waals surface area contributed by atoms with Crippen molar-refractivity contribution in [3.63, 3.8) is 0 Å². The normalized spacial score (nSPS) is 60.0. The van der Waals surface area contributed by atoms with Crippen LogP contribution in [0.1, 0.15) is 46.0 Å². The van der Waals surface area contributed by atoms with Gasteiger partial charge in [0.1, 0.15) is 6.10 Å². The van der Waals surface area contributed by atoms with E-state index in [1.54, 1.807) is 0 Å². The number of aliphatic hydroxyl groups excluding tert-OH is 5. The monoisotopic (exact) mass is 338 g/mol. The molecule has 4 rings (SSSR count). The second kappa shape index (κ2) is 5.27. The largest absolute Gasteiger partial charge is 0.393 e. The number of fused-ring (bicyclic) bond motifs is 5. The molecule has 0 amide bonds. The lowest BCUT2D eigenvalue weighted by atomic mass is 9.46. The first-order valence-electron chi connectivity index (χ1n) is 9.31. The van der Waals surface area contributed by atoms with Crippen molar-refractivity contribution in [1.29, 1.82) is 0 Å². The topological polar surface area (TPSA) is 101 Å². The molecule has 4 aliphatic carbocycles. The number of hydrogen-bond donors (Lipinski definition) is 5. The molecule has 0 spiro atoms. The Labute approximate surface area is 143 Å². The molecule has 5 N–H and O–H groups in total. The van der Waals surface area contributed by atoms with E-state index in [9.17, 15) is 25.5 Å². The SMILES string of the molecule is C[C@]12C[C@H](O)[C@H]3[C@@H](CC=C4[C@H](O)[C@@H](O)CC[C@@]43C)[C@@H]1C[C@H](O)[C@@H]2O. The first-order valence-corrected chi connectivity index (χ1v) is 9.31. The highest BCUT2D eigenvalue weighted by molar-refractivity contribution is 5.30. The standard InChI is InChI=1S/C19H30O5/c1-18-6-5-12(20)16(23)10(18)4-3-9-11-7-13(21)17(24)19(11,2)8-14(22)15(9)18/h4,9,11-17,20-24H,3,5-8H2,1-2H3/t9-,11-,12-,13-,14-,15+,16-,17-,18-,19-/m0/s1. The van der Waals surface area contributed by atoms with Crippen LogP contribution in [0.25, 0.3) is 0 Å². The molecule has 10 atom stereocenters. The summed E-state index contributed by atoms with van der Waals surface area (Å²) in [7, 11) is 0. The number of hydrogen-bond acceptors (Lipinski definition) is 5. The van der Waals surface area contributed by atoms with E-state index in [1.807, 2.05) is 6.92 Å². The molecule has 0 unspecified atom stereocenters. The van der Waals surface area contributed by atoms with Gasteiger partial charge in [-0.1, -0.05) is 19.9 Å². The molecule has 24 heavy (non-hydrogen) atoms. The third-order valence-corrected chi connectivity index (χ3v) is 8.07. The maximum absolute atomic E-state index is 11.0. The quantitative estimate of drug-likeness (QED) is 0.416. The van der Waals surface area contributed by atoms with Crippen LogP contribution in [0.5, 0.6) is 0 Å². The fourth-order valence-electron chi connectivity index (χ4n) is 6.85. The van der Waals surface area contributed by atoms with Crippen LogP contribution in [0.15, 0.2) is 11.6 Å². The Bertz CT molecular complexity index is 562. The first kappa shape index (κ1) is 17.0. The lowest BCUT2D eigenvalue weighted by Gasteiger charge is -2.59. The zero-order valence-corrected chi connectivity index (χ0v) is 14.5. The summed E-state index contributed by atoms with van der Waals surface area (Å²) < 4.78 is 0. The highest BCUT2D eigenvalue weighted by Gasteiger charge is 2.64. The molecule has 0 saturated heterocycles. The third kappa shape index (κ3) is 1.99. The van der Waals surface area contributed by atoms with Gasteiger partial charge in [0.15, 0.2) is 0 Å². The lowest BCUT2D eigenvalue weighted by molar-refractivity contribution is -0.147. The van der Waals surface area contributed by atoms with E-state index in [-0.39, 0.29) is 23.2 Å². The molecule has 136 valence electrons. The molecule has 5 nitrogen and oxygen atoms in total. The fraction of sp³-hybridized carbons (Fsp3) is 0.895. The predicted molar refractivity (Wildman–Crippen MR) is 87.9 cm³/mol. The molecular formula is C19H30O5. The van der Waals surface area contributed by atoms with Crippen molar-refractivity contribution < 1.29 is 25.5 Å². The average molecular weight is 338 g/mol. The molecule has 0 aromatic heterocycles. The Morgan fingerprint density at radius 1 is 1.00 bits per heavy atom. The molecular weight excluding hydrogens is 308 g/mol. The Morgan fingerprint density at radius 2 is 1.71 bits per heavy atom. The fourth-order valence-corrected chi connectivity index (χ4v) is 6.85. The van der Waals surface area contributed by atoms with Crippen molar-refractivity contribution in [2.45, 2.75) is 76.5 Å². The minimum Gasteiger partial charge on any atom is -0.393 e. The molecule has 0 aliphatic heterocycles. The van der Waals surface area contributed by atoms with Crippen LogP contribution in [0, 0.1) is 28.6 Å². The van der Waals surface area contributed by atoms with Crippen molar-refractivity contribution in [3.05, 3.63) is 11.6 Å². The van der Waals surface area contributed by atoms with Crippen LogP contribution in [-0.2, 0) is 0 Å². The molecule has 0 aromatic rings. The minimum atomic E-state index is -0.843. The molecule has 0 aromatic carbocycles. The maximum atomic E-state index is 11.0. The van der Waals surface area contributed by atoms with Gasteiger partial charge in [0.2, 0.25) is 0 Å². The van der Waals surface area contributed by atoms with Crippen LogP contribution in [0.3, 0.4) is 0 Å². The van der Waals surface area contributed by atoms with Crippen LogP contribution in [-0.4, -0.2) is 56.1 Å². The van der Waals surface area contributed by atoms with Crippen molar-refractivity contribution in [1.82, 2.24) is 0 Å². The molecule has 3 fully saturated rings. The van der Waals surface area contributed by atoms with Gasteiger partial charge in [-0.25, -0.2) is 0 Å². The second-order valence-electron chi connectivity index (χ2n) is 9.18. The van der Waals surface area contributed by atoms with E-state index in [0.717, 1.165) is 18.4 Å². The molecule has 3 saturated carbocycles. The summed E-state index contributed by atoms with van der Waals surface area (Å²) in [5, 5.41) is 52.2. The van der Waals surface area contributed by atoms with Gasteiger partial charge in [0, 0.05) is 5.41 Å². The van der Waals surface area contributed by atoms with Crippen molar-refractivity contribution in [2.75, 3.05) is 0 Å². The molecule has 0 bridgehead atoms. The van der Waals surface area contributed by atoms with Gasteiger partial charge in [0.05, 0.1) is 24.4 Å². The summed E-state index contributed by atoms with van der Waals surface area (Å²) in [5.74, 6) is 0.381. The zero-order valence-electron chi connectivity index (χ0n) is 14.5. The van der Waals surface area contributed by atoms with Crippen LogP contribution < -0.4 is 0 Å². The van der Waals surface area contributed by atoms with Gasteiger partial charge >= 0.3 is 0 Å². The highest BCUT2D eigenvalue weighted by atomic mass is 16.3. The summed E-state index contributed by atoms with van der Waals surface area (Å²) in [5.41, 5.74) is 0.110. The Balaban J connectivity index is 1.75. The highest BCUT2D eigenvalue weighted by Crippen LogP contribution is 2.64. The van der Waals surface area contributed by atoms with E-state index in [0.29, 0.717) is 19.3 Å². The summed E-state index contributed by atoms with van der Waals surface area (Å²) >= 11 is 0. The van der Waals surface area contributed by atoms with Gasteiger partial charge in [-0.15, -0.1) is 0 Å². The van der Waals surface area contributed by atoms with Crippen molar-refractivity contribution in [2.24, 2.45) is 28.6 Å². The van der Waals surface area contributed by atoms with Crippen LogP contribution in [0.2, 0.25) is 0 Å². The first-order chi connectivity index (χ1) is 11.2. The van der Waals surface area contributed by atoms with Gasteiger partial charge < -0.3 is 25.5 Å². The van der Waals surface area contributed by atoms with E-state index >= 15 is 0 Å². The molecule has 0 radical (unpaired) electrons. The van der Waals surface area contributed by atoms with E-state index in [1.165, 1.54) is 0 Å². The van der Waals surface area contributed by atoms with Crippen molar-refractivity contribution >= 4 is 0 Å². The predicted octanol–water partition coefficient (Wildman–Crippen LogP) is 0.583. The van der Waals surface area contributed by atoms with Gasteiger partial charge in [-0.05, 0) is 60.8 Å². The molecule has 5 heteroatoms. The number of rotatable bonds is 0. The molecule has 0 heterocycles. The smallest absolute Gasteiger partial charge is 0.101 e. The van der Waals surface area contributed by atoms with E-state index in [4.69, 9.17) is 0 Å². The van der Waals surface area contributed by atoms with Gasteiger partial charge in [-0.2, -0.15) is 0 Å². The average Bonchev–Trinajstić information content (AvgIpc) is 2.75. The zero-order chi connectivity index (χ0) is 17.4. The van der Waals surface area contributed by atoms with Crippen molar-refractivity contribution in [3.8, 4) is 0 Å². The summed E-state index contributed by atoms with van der Waals surface area (Å²) in [6, 6.07) is 0. The molecule has 4 aliphatic rings. The summed E-state index contributed by atoms with van der Waals surface area (Å²) in [6.07, 6.45) is 1.52. The third-order valence-electron chi connectivity index (χ3n) is 8.07. The maximum Gasteiger partial charge on any atom is 0.101 e. The number of aliphatic hydroxyl groups is 5. The Hall–Kier alpha value is -0.460. The minimum absolute atomic E-state index is 0.00947. The Morgan fingerprint density at radius 3 is 2.42 bits per heavy atom. The van der Waals surface area contributed by atoms with Gasteiger partial charge in [0.25, 0.3) is 0 Å². The van der Waals surface area contributed by atoms with E-state index in [2.05, 4.69) is 13.0 Å². The Kier molecular flexibility index (Phi) is 3.73. The van der Waals surface area contributed by atoms with Crippen LogP contribution >= 0.6 is 0 Å². The summed E-state index contributed by atoms with van der Waals surface area (Å²) in [6.45, 7) is 4.11. The lowest BCUT2D eigenvalue weighted by Crippen LogP contribution is -2.59. The van der Waals surface area contributed by atoms with Crippen LogP contribution in [0.4, 0.5) is 0 Å².